The third kappa shape index (κ3) is 9.64. The second kappa shape index (κ2) is 9.81. The topological polar surface area (TPSA) is 38.3 Å². The molecule has 13 heavy (non-hydrogen) atoms. The largest absolute Gasteiger partial charge is 0.381 e. The number of hydrogen-bond donors (Lipinski definition) is 1. The molecule has 0 radical (unpaired) electrons. The van der Waals surface area contributed by atoms with E-state index in [0.29, 0.717) is 18.8 Å². The third-order valence-electron chi connectivity index (χ3n) is 1.46. The first-order chi connectivity index (χ1) is 6.31. The first-order valence-corrected chi connectivity index (χ1v) is 5.25. The van der Waals surface area contributed by atoms with Crippen LogP contribution in [0.15, 0.2) is 0 Å². The number of alkyl halides is 1. The van der Waals surface area contributed by atoms with Crippen LogP contribution in [0.5, 0.6) is 0 Å². The predicted octanol–water partition coefficient (Wildman–Crippen LogP) is 1.55. The summed E-state index contributed by atoms with van der Waals surface area (Å²) in [4.78, 5) is 10.9. The number of ether oxygens (including phenoxy) is 1. The molecule has 0 aromatic rings. The van der Waals surface area contributed by atoms with Crippen molar-refractivity contribution in [2.45, 2.75) is 26.2 Å². The summed E-state index contributed by atoms with van der Waals surface area (Å²) in [5.41, 5.74) is 0. The van der Waals surface area contributed by atoms with Gasteiger partial charge in [-0.05, 0) is 12.8 Å². The molecular weight excluding hydrogens is 190 g/mol. The van der Waals surface area contributed by atoms with E-state index in [1.54, 1.807) is 0 Å². The van der Waals surface area contributed by atoms with Crippen LogP contribution in [-0.2, 0) is 9.53 Å². The van der Waals surface area contributed by atoms with Crippen molar-refractivity contribution in [2.24, 2.45) is 0 Å². The molecule has 0 aromatic heterocycles. The fourth-order valence-electron chi connectivity index (χ4n) is 0.823. The van der Waals surface area contributed by atoms with E-state index in [4.69, 9.17) is 16.3 Å². The molecule has 0 fully saturated rings. The Morgan fingerprint density at radius 2 is 2.23 bits per heavy atom. The van der Waals surface area contributed by atoms with Gasteiger partial charge in [0.25, 0.3) is 0 Å². The third-order valence-corrected chi connectivity index (χ3v) is 1.65. The molecular formula is C9H18ClNO2. The Balaban J connectivity index is 3.02. The van der Waals surface area contributed by atoms with Gasteiger partial charge in [-0.25, -0.2) is 0 Å². The maximum atomic E-state index is 10.9. The first kappa shape index (κ1) is 12.7. The second-order valence-electron chi connectivity index (χ2n) is 2.75. The molecule has 0 saturated heterocycles. The molecule has 0 aliphatic rings. The Labute approximate surface area is 84.8 Å². The lowest BCUT2D eigenvalue weighted by Gasteiger charge is -2.04. The van der Waals surface area contributed by atoms with E-state index in [0.717, 1.165) is 26.1 Å². The van der Waals surface area contributed by atoms with Crippen molar-refractivity contribution in [3.8, 4) is 0 Å². The zero-order chi connectivity index (χ0) is 9.94. The normalized spacial score (nSPS) is 10.0. The smallest absolute Gasteiger partial charge is 0.221 e. The van der Waals surface area contributed by atoms with Crippen molar-refractivity contribution < 1.29 is 9.53 Å². The highest BCUT2D eigenvalue weighted by molar-refractivity contribution is 6.18. The van der Waals surface area contributed by atoms with E-state index >= 15 is 0 Å². The minimum Gasteiger partial charge on any atom is -0.381 e. The number of carbonyl (C=O) groups is 1. The maximum Gasteiger partial charge on any atom is 0.221 e. The summed E-state index contributed by atoms with van der Waals surface area (Å²) in [6.07, 6.45) is 2.31. The molecule has 0 aliphatic carbocycles. The van der Waals surface area contributed by atoms with Gasteiger partial charge in [-0.3, -0.25) is 4.79 Å². The Morgan fingerprint density at radius 3 is 2.85 bits per heavy atom. The highest BCUT2D eigenvalue weighted by atomic mass is 35.5. The lowest BCUT2D eigenvalue weighted by Crippen LogP contribution is -2.25. The number of amides is 1. The zero-order valence-electron chi connectivity index (χ0n) is 8.14. The SMILES string of the molecule is CCCOCCCNC(=O)CCCl. The van der Waals surface area contributed by atoms with E-state index in [9.17, 15) is 4.79 Å². The molecule has 4 heteroatoms. The van der Waals surface area contributed by atoms with E-state index < -0.39 is 0 Å². The Morgan fingerprint density at radius 1 is 1.46 bits per heavy atom. The molecule has 0 atom stereocenters. The van der Waals surface area contributed by atoms with Crippen molar-refractivity contribution in [3.05, 3.63) is 0 Å². The van der Waals surface area contributed by atoms with Crippen molar-refractivity contribution in [2.75, 3.05) is 25.6 Å². The van der Waals surface area contributed by atoms with Gasteiger partial charge in [-0.15, -0.1) is 11.6 Å². The quantitative estimate of drug-likeness (QED) is 0.485. The molecule has 0 spiro atoms. The van der Waals surface area contributed by atoms with Crippen LogP contribution in [0.25, 0.3) is 0 Å². The molecule has 0 bridgehead atoms. The monoisotopic (exact) mass is 207 g/mol. The first-order valence-electron chi connectivity index (χ1n) is 4.71. The summed E-state index contributed by atoms with van der Waals surface area (Å²) in [7, 11) is 0. The number of nitrogens with one attached hydrogen (secondary N) is 1. The van der Waals surface area contributed by atoms with Gasteiger partial charge in [0.1, 0.15) is 0 Å². The van der Waals surface area contributed by atoms with Gasteiger partial charge in [0.15, 0.2) is 0 Å². The Bertz CT molecular complexity index is 131. The summed E-state index contributed by atoms with van der Waals surface area (Å²) in [5, 5.41) is 2.76. The number of carbonyl (C=O) groups excluding carboxylic acids is 1. The van der Waals surface area contributed by atoms with Crippen LogP contribution in [0, 0.1) is 0 Å². The van der Waals surface area contributed by atoms with Crippen molar-refractivity contribution in [3.63, 3.8) is 0 Å². The minimum atomic E-state index is 0.0190. The number of rotatable bonds is 8. The molecule has 0 rings (SSSR count). The summed E-state index contributed by atoms with van der Waals surface area (Å²) >= 11 is 5.39. The van der Waals surface area contributed by atoms with Crippen LogP contribution in [0.3, 0.4) is 0 Å². The average Bonchev–Trinajstić information content (AvgIpc) is 2.11. The van der Waals surface area contributed by atoms with Crippen molar-refractivity contribution in [1.82, 2.24) is 5.32 Å². The van der Waals surface area contributed by atoms with Gasteiger partial charge >= 0.3 is 0 Å². The van der Waals surface area contributed by atoms with Gasteiger partial charge in [-0.1, -0.05) is 6.92 Å². The molecule has 0 unspecified atom stereocenters. The van der Waals surface area contributed by atoms with Crippen LogP contribution in [0.1, 0.15) is 26.2 Å². The van der Waals surface area contributed by atoms with Gasteiger partial charge in [0.05, 0.1) is 0 Å². The molecule has 1 amide bonds. The lowest BCUT2D eigenvalue weighted by atomic mass is 10.4. The molecule has 78 valence electrons. The molecule has 3 nitrogen and oxygen atoms in total. The fraction of sp³-hybridized carbons (Fsp3) is 0.889. The van der Waals surface area contributed by atoms with Gasteiger partial charge < -0.3 is 10.1 Å². The van der Waals surface area contributed by atoms with E-state index in [-0.39, 0.29) is 5.91 Å². The van der Waals surface area contributed by atoms with Gasteiger partial charge in [0.2, 0.25) is 5.91 Å². The highest BCUT2D eigenvalue weighted by Crippen LogP contribution is 1.86. The van der Waals surface area contributed by atoms with Crippen molar-refractivity contribution >= 4 is 17.5 Å². The summed E-state index contributed by atoms with van der Waals surface area (Å²) in [6.45, 7) is 4.27. The zero-order valence-corrected chi connectivity index (χ0v) is 8.90. The molecule has 0 aliphatic heterocycles. The fourth-order valence-corrected chi connectivity index (χ4v) is 0.994. The molecule has 0 heterocycles. The lowest BCUT2D eigenvalue weighted by molar-refractivity contribution is -0.120. The van der Waals surface area contributed by atoms with Crippen LogP contribution >= 0.6 is 11.6 Å². The summed E-state index contributed by atoms with van der Waals surface area (Å²) < 4.78 is 5.25. The summed E-state index contributed by atoms with van der Waals surface area (Å²) in [6, 6.07) is 0. The minimum absolute atomic E-state index is 0.0190. The maximum absolute atomic E-state index is 10.9. The number of hydrogen-bond acceptors (Lipinski definition) is 2. The standard InChI is InChI=1S/C9H18ClNO2/c1-2-7-13-8-3-6-11-9(12)4-5-10/h2-8H2,1H3,(H,11,12). The van der Waals surface area contributed by atoms with Crippen LogP contribution < -0.4 is 5.32 Å². The second-order valence-corrected chi connectivity index (χ2v) is 3.13. The van der Waals surface area contributed by atoms with Crippen molar-refractivity contribution in [1.29, 1.82) is 0 Å². The van der Waals surface area contributed by atoms with E-state index in [2.05, 4.69) is 12.2 Å². The Kier molecular flexibility index (Phi) is 9.59. The molecule has 0 aromatic carbocycles. The Hall–Kier alpha value is -0.280. The molecule has 0 saturated carbocycles. The average molecular weight is 208 g/mol. The molecule has 1 N–H and O–H groups in total. The predicted molar refractivity (Wildman–Crippen MR) is 54.1 cm³/mol. The van der Waals surface area contributed by atoms with E-state index in [1.807, 2.05) is 0 Å². The van der Waals surface area contributed by atoms with Gasteiger partial charge in [0, 0.05) is 32.1 Å². The summed E-state index contributed by atoms with van der Waals surface area (Å²) in [5.74, 6) is 0.406. The highest BCUT2D eigenvalue weighted by Gasteiger charge is 1.97. The van der Waals surface area contributed by atoms with Gasteiger partial charge in [-0.2, -0.15) is 0 Å². The van der Waals surface area contributed by atoms with E-state index in [1.165, 1.54) is 0 Å². The van der Waals surface area contributed by atoms with Crippen LogP contribution in [0.2, 0.25) is 0 Å². The van der Waals surface area contributed by atoms with Crippen LogP contribution in [-0.4, -0.2) is 31.5 Å². The number of halogens is 1. The van der Waals surface area contributed by atoms with Crippen LogP contribution in [0.4, 0.5) is 0 Å².